The summed E-state index contributed by atoms with van der Waals surface area (Å²) in [6, 6.07) is 0.561. The lowest BCUT2D eigenvalue weighted by atomic mass is 9.68. The fourth-order valence-corrected chi connectivity index (χ4v) is 5.80. The molecular formula is C16H25N3S. The number of hydrogen-bond acceptors (Lipinski definition) is 4. The monoisotopic (exact) mass is 291 g/mol. The number of fused-ring (bicyclic) bond motifs is 2. The van der Waals surface area contributed by atoms with Gasteiger partial charge >= 0.3 is 0 Å². The summed E-state index contributed by atoms with van der Waals surface area (Å²) in [5.74, 6) is 2.32. The molecule has 3 N–H and O–H groups in total. The van der Waals surface area contributed by atoms with Gasteiger partial charge in [-0.1, -0.05) is 20.8 Å². The van der Waals surface area contributed by atoms with Crippen LogP contribution in [0, 0.1) is 16.7 Å². The average molecular weight is 291 g/mol. The van der Waals surface area contributed by atoms with Gasteiger partial charge in [0.25, 0.3) is 0 Å². The molecule has 0 spiro atoms. The summed E-state index contributed by atoms with van der Waals surface area (Å²) >= 11 is 1.57. The molecule has 3 aliphatic carbocycles. The lowest BCUT2D eigenvalue weighted by Gasteiger charge is -2.43. The summed E-state index contributed by atoms with van der Waals surface area (Å²) in [7, 11) is 0. The van der Waals surface area contributed by atoms with Gasteiger partial charge in [0.1, 0.15) is 10.8 Å². The van der Waals surface area contributed by atoms with E-state index in [4.69, 9.17) is 5.73 Å². The molecular weight excluding hydrogens is 266 g/mol. The number of aromatic nitrogens is 1. The first-order valence-corrected chi connectivity index (χ1v) is 8.71. The third kappa shape index (κ3) is 1.66. The summed E-state index contributed by atoms with van der Waals surface area (Å²) in [5, 5.41) is 5.15. The van der Waals surface area contributed by atoms with Crippen molar-refractivity contribution in [1.29, 1.82) is 0 Å². The minimum atomic E-state index is 0.382. The molecule has 3 saturated carbocycles. The number of nitrogens with two attached hydrogens (primary N) is 1. The number of anilines is 2. The van der Waals surface area contributed by atoms with Crippen molar-refractivity contribution in [2.24, 2.45) is 16.7 Å². The number of hydrogen-bond donors (Lipinski definition) is 2. The Hall–Kier alpha value is -0.770. The van der Waals surface area contributed by atoms with E-state index < -0.39 is 0 Å². The molecule has 3 unspecified atom stereocenters. The predicted octanol–water partition coefficient (Wildman–Crippen LogP) is 4.23. The molecule has 0 aromatic carbocycles. The number of rotatable bonds is 3. The van der Waals surface area contributed by atoms with Crippen LogP contribution in [0.4, 0.5) is 10.8 Å². The fraction of sp³-hybridized carbons (Fsp3) is 0.812. The Kier molecular flexibility index (Phi) is 2.52. The Labute approximate surface area is 125 Å². The van der Waals surface area contributed by atoms with Gasteiger partial charge in [0, 0.05) is 11.6 Å². The molecule has 0 amide bonds. The minimum absolute atomic E-state index is 0.382. The number of nitrogens with one attached hydrogen (secondary N) is 1. The summed E-state index contributed by atoms with van der Waals surface area (Å²) in [6.07, 6.45) is 6.72. The zero-order chi connectivity index (χ0) is 14.1. The second-order valence-electron chi connectivity index (χ2n) is 8.08. The highest BCUT2D eigenvalue weighted by Gasteiger charge is 2.59. The maximum atomic E-state index is 6.09. The fourth-order valence-electron chi connectivity index (χ4n) is 4.97. The van der Waals surface area contributed by atoms with Gasteiger partial charge in [-0.05, 0) is 66.3 Å². The molecule has 0 radical (unpaired) electrons. The van der Waals surface area contributed by atoms with Crippen molar-refractivity contribution in [1.82, 2.24) is 4.37 Å². The first-order valence-electron chi connectivity index (χ1n) is 7.93. The lowest BCUT2D eigenvalue weighted by molar-refractivity contribution is 0.155. The molecule has 20 heavy (non-hydrogen) atoms. The van der Waals surface area contributed by atoms with E-state index in [9.17, 15) is 0 Å². The van der Waals surface area contributed by atoms with E-state index in [0.29, 0.717) is 22.8 Å². The van der Waals surface area contributed by atoms with Gasteiger partial charge in [0.15, 0.2) is 0 Å². The highest BCUT2D eigenvalue weighted by Crippen LogP contribution is 2.63. The highest BCUT2D eigenvalue weighted by atomic mass is 32.1. The van der Waals surface area contributed by atoms with Crippen LogP contribution in [0.1, 0.15) is 64.4 Å². The number of nitrogens with zero attached hydrogens (tertiary/aromatic N) is 1. The van der Waals surface area contributed by atoms with Crippen LogP contribution >= 0.6 is 11.5 Å². The van der Waals surface area contributed by atoms with E-state index in [2.05, 4.69) is 30.5 Å². The third-order valence-corrected chi connectivity index (χ3v) is 7.09. The molecule has 4 heteroatoms. The van der Waals surface area contributed by atoms with Crippen molar-refractivity contribution < 1.29 is 0 Å². The molecule has 3 fully saturated rings. The van der Waals surface area contributed by atoms with Crippen LogP contribution in [0.5, 0.6) is 0 Å². The van der Waals surface area contributed by atoms with Crippen LogP contribution in [0.15, 0.2) is 0 Å². The molecule has 3 nitrogen and oxygen atoms in total. The van der Waals surface area contributed by atoms with E-state index >= 15 is 0 Å². The molecule has 4 rings (SSSR count). The second kappa shape index (κ2) is 3.90. The standard InChI is InChI=1S/C16H25N3S/c1-15(2)10-6-7-16(3,8-10)14(15)18-13-11(9-4-5-9)12(17)19-20-13/h9-10,14,18H,4-8H2,1-3H3,(H2,17,19). The lowest BCUT2D eigenvalue weighted by Crippen LogP contribution is -2.45. The van der Waals surface area contributed by atoms with Crippen LogP contribution in [0.3, 0.4) is 0 Å². The minimum Gasteiger partial charge on any atom is -0.383 e. The first kappa shape index (κ1) is 12.9. The topological polar surface area (TPSA) is 50.9 Å². The first-order chi connectivity index (χ1) is 9.42. The van der Waals surface area contributed by atoms with Gasteiger partial charge in [0.2, 0.25) is 0 Å². The molecule has 3 aliphatic rings. The van der Waals surface area contributed by atoms with E-state index in [1.165, 1.54) is 42.7 Å². The van der Waals surface area contributed by atoms with Crippen LogP contribution in [-0.2, 0) is 0 Å². The van der Waals surface area contributed by atoms with Gasteiger partial charge in [-0.15, -0.1) is 0 Å². The maximum Gasteiger partial charge on any atom is 0.142 e. The smallest absolute Gasteiger partial charge is 0.142 e. The van der Waals surface area contributed by atoms with E-state index in [0.717, 1.165) is 11.7 Å². The molecule has 1 heterocycles. The van der Waals surface area contributed by atoms with Gasteiger partial charge in [0.05, 0.1) is 0 Å². The molecule has 3 atom stereocenters. The Bertz CT molecular complexity index is 541. The molecule has 0 saturated heterocycles. The van der Waals surface area contributed by atoms with Crippen LogP contribution < -0.4 is 11.1 Å². The van der Waals surface area contributed by atoms with E-state index in [1.807, 2.05) is 0 Å². The quantitative estimate of drug-likeness (QED) is 0.876. The third-order valence-electron chi connectivity index (χ3n) is 6.29. The molecule has 110 valence electrons. The summed E-state index contributed by atoms with van der Waals surface area (Å²) in [5.41, 5.74) is 8.24. The zero-order valence-corrected chi connectivity index (χ0v) is 13.5. The SMILES string of the molecule is CC12CCC(C1)C(C)(C)C2Nc1snc(N)c1C1CC1. The molecule has 0 aliphatic heterocycles. The van der Waals surface area contributed by atoms with Crippen LogP contribution in [-0.4, -0.2) is 10.4 Å². The maximum absolute atomic E-state index is 6.09. The Morgan fingerprint density at radius 3 is 2.60 bits per heavy atom. The largest absolute Gasteiger partial charge is 0.383 e. The summed E-state index contributed by atoms with van der Waals surface area (Å²) < 4.78 is 4.41. The summed E-state index contributed by atoms with van der Waals surface area (Å²) in [6.45, 7) is 7.36. The average Bonchev–Trinajstić information content (AvgIpc) is 2.98. The van der Waals surface area contributed by atoms with Crippen LogP contribution in [0.2, 0.25) is 0 Å². The molecule has 1 aromatic rings. The zero-order valence-electron chi connectivity index (χ0n) is 12.7. The van der Waals surface area contributed by atoms with Crippen LogP contribution in [0.25, 0.3) is 0 Å². The Morgan fingerprint density at radius 1 is 1.25 bits per heavy atom. The van der Waals surface area contributed by atoms with Gasteiger partial charge < -0.3 is 11.1 Å². The highest BCUT2D eigenvalue weighted by molar-refractivity contribution is 7.10. The predicted molar refractivity (Wildman–Crippen MR) is 85.1 cm³/mol. The van der Waals surface area contributed by atoms with Crippen molar-refractivity contribution in [2.75, 3.05) is 11.1 Å². The number of nitrogen functional groups attached to an aromatic ring is 1. The van der Waals surface area contributed by atoms with Crippen molar-refractivity contribution in [2.45, 2.75) is 64.8 Å². The summed E-state index contributed by atoms with van der Waals surface area (Å²) in [4.78, 5) is 0. The molecule has 2 bridgehead atoms. The Morgan fingerprint density at radius 2 is 2.00 bits per heavy atom. The molecule has 1 aromatic heterocycles. The van der Waals surface area contributed by atoms with Crippen molar-refractivity contribution in [3.05, 3.63) is 5.56 Å². The van der Waals surface area contributed by atoms with E-state index in [1.54, 1.807) is 11.5 Å². The van der Waals surface area contributed by atoms with Gasteiger partial charge in [-0.3, -0.25) is 0 Å². The van der Waals surface area contributed by atoms with Crippen molar-refractivity contribution >= 4 is 22.4 Å². The van der Waals surface area contributed by atoms with Gasteiger partial charge in [-0.25, -0.2) is 0 Å². The normalized spacial score (nSPS) is 38.4. The Balaban J connectivity index is 1.66. The van der Waals surface area contributed by atoms with Gasteiger partial charge in [-0.2, -0.15) is 4.37 Å². The second-order valence-corrected chi connectivity index (χ2v) is 8.85. The van der Waals surface area contributed by atoms with Crippen molar-refractivity contribution in [3.8, 4) is 0 Å². The van der Waals surface area contributed by atoms with Crippen molar-refractivity contribution in [3.63, 3.8) is 0 Å². The van der Waals surface area contributed by atoms with E-state index in [-0.39, 0.29) is 0 Å².